The molecule has 1 amide bonds. The van der Waals surface area contributed by atoms with Crippen LogP contribution in [0.25, 0.3) is 0 Å². The van der Waals surface area contributed by atoms with Crippen LogP contribution in [0.5, 0.6) is 0 Å². The van der Waals surface area contributed by atoms with Crippen LogP contribution < -0.4 is 9.80 Å². The predicted octanol–water partition coefficient (Wildman–Crippen LogP) is 2.46. The number of nitrogens with one attached hydrogen (secondary N) is 1. The maximum atomic E-state index is 13.0. The summed E-state index contributed by atoms with van der Waals surface area (Å²) in [6, 6.07) is 19.4. The van der Waals surface area contributed by atoms with Gasteiger partial charge in [0.25, 0.3) is 5.91 Å². The third-order valence-corrected chi connectivity index (χ3v) is 4.94. The van der Waals surface area contributed by atoms with Crippen molar-refractivity contribution >= 4 is 11.6 Å². The van der Waals surface area contributed by atoms with E-state index in [0.29, 0.717) is 12.6 Å². The van der Waals surface area contributed by atoms with Crippen LogP contribution >= 0.6 is 0 Å². The van der Waals surface area contributed by atoms with Gasteiger partial charge in [-0.25, -0.2) is 0 Å². The number of hydrogen-bond donors (Lipinski definition) is 1. The molecule has 0 bridgehead atoms. The summed E-state index contributed by atoms with van der Waals surface area (Å²) < 4.78 is 0. The van der Waals surface area contributed by atoms with E-state index in [1.165, 1.54) is 16.0 Å². The molecule has 126 valence electrons. The fourth-order valence-electron chi connectivity index (χ4n) is 3.55. The van der Waals surface area contributed by atoms with Gasteiger partial charge in [-0.15, -0.1) is 0 Å². The van der Waals surface area contributed by atoms with E-state index in [1.54, 1.807) is 0 Å². The first-order chi connectivity index (χ1) is 11.6. The minimum atomic E-state index is 0.229. The molecule has 2 aromatic carbocycles. The number of benzene rings is 2. The van der Waals surface area contributed by atoms with Crippen LogP contribution in [-0.4, -0.2) is 24.5 Å². The van der Waals surface area contributed by atoms with Gasteiger partial charge in [0, 0.05) is 17.3 Å². The number of nitrogens with zero attached hydrogens (tertiary/aromatic N) is 1. The lowest BCUT2D eigenvalue weighted by Gasteiger charge is -2.28. The van der Waals surface area contributed by atoms with Gasteiger partial charge in [0.2, 0.25) is 0 Å². The zero-order valence-corrected chi connectivity index (χ0v) is 14.8. The fourth-order valence-corrected chi connectivity index (χ4v) is 3.55. The van der Waals surface area contributed by atoms with Crippen molar-refractivity contribution < 1.29 is 9.69 Å². The van der Waals surface area contributed by atoms with Crippen LogP contribution in [0.2, 0.25) is 0 Å². The maximum absolute atomic E-state index is 13.0. The van der Waals surface area contributed by atoms with Crippen molar-refractivity contribution in [2.75, 3.05) is 11.4 Å². The van der Waals surface area contributed by atoms with Gasteiger partial charge in [-0.3, -0.25) is 4.79 Å². The Balaban J connectivity index is 1.74. The molecular weight excluding hydrogens is 296 g/mol. The van der Waals surface area contributed by atoms with E-state index in [9.17, 15) is 4.79 Å². The first kappa shape index (κ1) is 16.7. The summed E-state index contributed by atoms with van der Waals surface area (Å²) in [4.78, 5) is 16.3. The molecule has 2 atom stereocenters. The fraction of sp³-hybridized carbons (Fsp3) is 0.381. The van der Waals surface area contributed by atoms with Crippen molar-refractivity contribution in [1.82, 2.24) is 0 Å². The number of carbonyl (C=O) groups excluding carboxylic acids is 1. The van der Waals surface area contributed by atoms with Crippen LogP contribution in [0, 0.1) is 0 Å². The van der Waals surface area contributed by atoms with Crippen LogP contribution in [0.4, 0.5) is 5.69 Å². The van der Waals surface area contributed by atoms with E-state index in [0.717, 1.165) is 18.7 Å². The molecule has 3 rings (SSSR count). The SMILES string of the molecule is CC(C)[NH+](CC(=O)N1c2ccccc2C[C@@H]1C)Cc1ccccc1. The molecule has 1 unspecified atom stereocenters. The lowest BCUT2D eigenvalue weighted by Crippen LogP contribution is -3.14. The highest BCUT2D eigenvalue weighted by molar-refractivity contribution is 5.96. The molecule has 3 nitrogen and oxygen atoms in total. The molecule has 0 spiro atoms. The first-order valence-corrected chi connectivity index (χ1v) is 8.84. The van der Waals surface area contributed by atoms with Gasteiger partial charge in [0.1, 0.15) is 6.54 Å². The topological polar surface area (TPSA) is 24.8 Å². The predicted molar refractivity (Wildman–Crippen MR) is 98.2 cm³/mol. The zero-order valence-electron chi connectivity index (χ0n) is 14.8. The minimum absolute atomic E-state index is 0.229. The van der Waals surface area contributed by atoms with E-state index in [-0.39, 0.29) is 11.9 Å². The second-order valence-electron chi connectivity index (χ2n) is 7.10. The molecule has 24 heavy (non-hydrogen) atoms. The Morgan fingerprint density at radius 2 is 1.79 bits per heavy atom. The molecule has 1 heterocycles. The monoisotopic (exact) mass is 323 g/mol. The molecule has 0 aliphatic carbocycles. The molecule has 0 radical (unpaired) electrons. The number of para-hydroxylation sites is 1. The standard InChI is InChI=1S/C21H26N2O/c1-16(2)22(14-18-9-5-4-6-10-18)15-21(24)23-17(3)13-19-11-7-8-12-20(19)23/h4-12,16-17H,13-15H2,1-3H3/p+1/t17-/m0/s1. The Morgan fingerprint density at radius 1 is 1.12 bits per heavy atom. The molecule has 0 fully saturated rings. The third kappa shape index (κ3) is 3.51. The highest BCUT2D eigenvalue weighted by Gasteiger charge is 2.32. The largest absolute Gasteiger partial charge is 0.321 e. The Hall–Kier alpha value is -2.13. The number of anilines is 1. The molecule has 1 N–H and O–H groups in total. The highest BCUT2D eigenvalue weighted by Crippen LogP contribution is 2.31. The molecule has 1 aliphatic rings. The van der Waals surface area contributed by atoms with Crippen LogP contribution in [0.1, 0.15) is 31.9 Å². The summed E-state index contributed by atoms with van der Waals surface area (Å²) in [5, 5.41) is 0. The zero-order chi connectivity index (χ0) is 17.1. The van der Waals surface area contributed by atoms with Crippen molar-refractivity contribution in [2.45, 2.75) is 45.8 Å². The Kier molecular flexibility index (Phi) is 5.00. The molecule has 0 saturated carbocycles. The summed E-state index contributed by atoms with van der Waals surface area (Å²) in [5.74, 6) is 0.229. The summed E-state index contributed by atoms with van der Waals surface area (Å²) >= 11 is 0. The second kappa shape index (κ2) is 7.18. The lowest BCUT2D eigenvalue weighted by atomic mass is 10.1. The number of hydrogen-bond acceptors (Lipinski definition) is 1. The van der Waals surface area contributed by atoms with Gasteiger partial charge in [-0.1, -0.05) is 48.5 Å². The van der Waals surface area contributed by atoms with Gasteiger partial charge in [-0.2, -0.15) is 0 Å². The van der Waals surface area contributed by atoms with Gasteiger partial charge >= 0.3 is 0 Å². The summed E-state index contributed by atoms with van der Waals surface area (Å²) in [6.07, 6.45) is 0.956. The van der Waals surface area contributed by atoms with Crippen molar-refractivity contribution in [1.29, 1.82) is 0 Å². The van der Waals surface area contributed by atoms with E-state index in [1.807, 2.05) is 17.0 Å². The smallest absolute Gasteiger partial charge is 0.282 e. The average molecular weight is 323 g/mol. The summed E-state index contributed by atoms with van der Waals surface area (Å²) in [6.45, 7) is 7.93. The first-order valence-electron chi connectivity index (χ1n) is 8.84. The summed E-state index contributed by atoms with van der Waals surface area (Å²) in [5.41, 5.74) is 3.66. The molecule has 2 aromatic rings. The van der Waals surface area contributed by atoms with Gasteiger partial charge < -0.3 is 9.80 Å². The van der Waals surface area contributed by atoms with E-state index in [2.05, 4.69) is 63.2 Å². The van der Waals surface area contributed by atoms with Gasteiger partial charge in [0.05, 0.1) is 6.04 Å². The number of rotatable bonds is 5. The molecule has 0 saturated heterocycles. The Morgan fingerprint density at radius 3 is 2.50 bits per heavy atom. The van der Waals surface area contributed by atoms with Crippen molar-refractivity contribution in [2.24, 2.45) is 0 Å². The van der Waals surface area contributed by atoms with Crippen molar-refractivity contribution in [3.63, 3.8) is 0 Å². The molecular formula is C21H27N2O+. The normalized spacial score (nSPS) is 17.8. The number of carbonyl (C=O) groups is 1. The molecule has 3 heteroatoms. The number of quaternary nitrogens is 1. The second-order valence-corrected chi connectivity index (χ2v) is 7.10. The maximum Gasteiger partial charge on any atom is 0.282 e. The van der Waals surface area contributed by atoms with Crippen molar-refractivity contribution in [3.05, 3.63) is 65.7 Å². The lowest BCUT2D eigenvalue weighted by molar-refractivity contribution is -0.927. The van der Waals surface area contributed by atoms with E-state index in [4.69, 9.17) is 0 Å². The quantitative estimate of drug-likeness (QED) is 0.898. The number of fused-ring (bicyclic) bond motifs is 1. The molecule has 0 aromatic heterocycles. The van der Waals surface area contributed by atoms with Gasteiger partial charge in [0.15, 0.2) is 6.54 Å². The van der Waals surface area contributed by atoms with E-state index < -0.39 is 0 Å². The van der Waals surface area contributed by atoms with Crippen LogP contribution in [-0.2, 0) is 17.8 Å². The van der Waals surface area contributed by atoms with Gasteiger partial charge in [-0.05, 0) is 38.8 Å². The Labute approximate surface area is 144 Å². The van der Waals surface area contributed by atoms with Crippen LogP contribution in [0.3, 0.4) is 0 Å². The Bertz CT molecular complexity index is 696. The van der Waals surface area contributed by atoms with E-state index >= 15 is 0 Å². The highest BCUT2D eigenvalue weighted by atomic mass is 16.2. The average Bonchev–Trinajstić information content (AvgIpc) is 2.90. The number of amides is 1. The van der Waals surface area contributed by atoms with Crippen LogP contribution in [0.15, 0.2) is 54.6 Å². The summed E-state index contributed by atoms with van der Waals surface area (Å²) in [7, 11) is 0. The van der Waals surface area contributed by atoms with Crippen molar-refractivity contribution in [3.8, 4) is 0 Å². The molecule has 1 aliphatic heterocycles. The third-order valence-electron chi connectivity index (χ3n) is 4.94. The minimum Gasteiger partial charge on any atom is -0.321 e.